The lowest BCUT2D eigenvalue weighted by Gasteiger charge is -2.18. The van der Waals surface area contributed by atoms with Gasteiger partial charge in [0.1, 0.15) is 13.2 Å². The standard InChI is InChI=1S/C54H98O6/c1-4-7-10-13-16-19-21-23-24-25-26-27-28-29-31-32-35-38-41-44-47-53(56)59-50-51(49-58-52(55)46-43-40-37-34-18-15-12-9-6-3)60-54(57)48-45-42-39-36-33-30-22-20-17-14-11-8-5-2/h8,11,17,20,30,33,51H,4-7,9-10,12-16,18-19,21-29,31-32,34-50H2,1-3H3/b11-8-,20-17-,33-30-. The number of esters is 3. The molecule has 0 aliphatic rings. The van der Waals surface area contributed by atoms with Crippen molar-refractivity contribution in [2.75, 3.05) is 13.2 Å². The molecule has 0 rings (SSSR count). The normalized spacial score (nSPS) is 12.2. The molecule has 0 aromatic heterocycles. The van der Waals surface area contributed by atoms with Gasteiger partial charge in [0, 0.05) is 19.3 Å². The first kappa shape index (κ1) is 57.6. The third-order valence-corrected chi connectivity index (χ3v) is 11.4. The summed E-state index contributed by atoms with van der Waals surface area (Å²) in [5.74, 6) is -0.902. The topological polar surface area (TPSA) is 78.9 Å². The lowest BCUT2D eigenvalue weighted by atomic mass is 10.0. The van der Waals surface area contributed by atoms with Crippen molar-refractivity contribution in [3.63, 3.8) is 0 Å². The van der Waals surface area contributed by atoms with Crippen LogP contribution in [0.25, 0.3) is 0 Å². The maximum Gasteiger partial charge on any atom is 0.306 e. The maximum atomic E-state index is 12.7. The zero-order valence-electron chi connectivity index (χ0n) is 40.0. The zero-order chi connectivity index (χ0) is 43.7. The van der Waals surface area contributed by atoms with Crippen molar-refractivity contribution in [2.24, 2.45) is 0 Å². The van der Waals surface area contributed by atoms with E-state index in [4.69, 9.17) is 14.2 Å². The molecule has 0 saturated heterocycles. The highest BCUT2D eigenvalue weighted by Gasteiger charge is 2.19. The predicted molar refractivity (Wildman–Crippen MR) is 256 cm³/mol. The Morgan fingerprint density at radius 2 is 0.650 bits per heavy atom. The number of rotatable bonds is 47. The van der Waals surface area contributed by atoms with E-state index >= 15 is 0 Å². The minimum Gasteiger partial charge on any atom is -0.462 e. The van der Waals surface area contributed by atoms with Crippen LogP contribution in [0.3, 0.4) is 0 Å². The molecule has 6 heteroatoms. The minimum atomic E-state index is -0.781. The molecule has 0 N–H and O–H groups in total. The fourth-order valence-corrected chi connectivity index (χ4v) is 7.52. The second kappa shape index (κ2) is 49.3. The van der Waals surface area contributed by atoms with E-state index in [9.17, 15) is 14.4 Å². The number of ether oxygens (including phenoxy) is 3. The van der Waals surface area contributed by atoms with Crippen molar-refractivity contribution in [3.05, 3.63) is 36.5 Å². The van der Waals surface area contributed by atoms with Crippen LogP contribution in [0.1, 0.15) is 271 Å². The number of hydrogen-bond donors (Lipinski definition) is 0. The number of allylic oxidation sites excluding steroid dienone is 6. The smallest absolute Gasteiger partial charge is 0.306 e. The Morgan fingerprint density at radius 1 is 0.350 bits per heavy atom. The van der Waals surface area contributed by atoms with Gasteiger partial charge >= 0.3 is 17.9 Å². The Balaban J connectivity index is 4.25. The molecular formula is C54H98O6. The van der Waals surface area contributed by atoms with E-state index in [0.717, 1.165) is 83.5 Å². The maximum absolute atomic E-state index is 12.7. The minimum absolute atomic E-state index is 0.0801. The van der Waals surface area contributed by atoms with Crippen molar-refractivity contribution in [1.29, 1.82) is 0 Å². The van der Waals surface area contributed by atoms with Crippen LogP contribution in [0.5, 0.6) is 0 Å². The third kappa shape index (κ3) is 46.7. The molecule has 0 saturated carbocycles. The summed E-state index contributed by atoms with van der Waals surface area (Å²) in [5.41, 5.74) is 0. The van der Waals surface area contributed by atoms with Crippen LogP contribution < -0.4 is 0 Å². The molecule has 0 bridgehead atoms. The van der Waals surface area contributed by atoms with E-state index < -0.39 is 6.10 Å². The first-order chi connectivity index (χ1) is 29.5. The Morgan fingerprint density at radius 3 is 1.02 bits per heavy atom. The molecule has 350 valence electrons. The molecule has 0 aromatic carbocycles. The van der Waals surface area contributed by atoms with Crippen LogP contribution in [-0.4, -0.2) is 37.2 Å². The molecule has 0 spiro atoms. The van der Waals surface area contributed by atoms with Gasteiger partial charge in [0.25, 0.3) is 0 Å². The van der Waals surface area contributed by atoms with Crippen LogP contribution in [0, 0.1) is 0 Å². The van der Waals surface area contributed by atoms with Gasteiger partial charge in [-0.05, 0) is 51.4 Å². The van der Waals surface area contributed by atoms with Crippen LogP contribution in [0.2, 0.25) is 0 Å². The molecule has 60 heavy (non-hydrogen) atoms. The van der Waals surface area contributed by atoms with Crippen LogP contribution in [-0.2, 0) is 28.6 Å². The van der Waals surface area contributed by atoms with E-state index in [-0.39, 0.29) is 31.1 Å². The van der Waals surface area contributed by atoms with E-state index in [0.29, 0.717) is 19.3 Å². The zero-order valence-corrected chi connectivity index (χ0v) is 40.0. The highest BCUT2D eigenvalue weighted by Crippen LogP contribution is 2.16. The van der Waals surface area contributed by atoms with Crippen molar-refractivity contribution in [1.82, 2.24) is 0 Å². The Labute approximate surface area is 372 Å². The van der Waals surface area contributed by atoms with Gasteiger partial charge in [0.05, 0.1) is 0 Å². The molecule has 1 unspecified atom stereocenters. The van der Waals surface area contributed by atoms with Crippen molar-refractivity contribution in [3.8, 4) is 0 Å². The lowest BCUT2D eigenvalue weighted by Crippen LogP contribution is -2.30. The fourth-order valence-electron chi connectivity index (χ4n) is 7.52. The van der Waals surface area contributed by atoms with Gasteiger partial charge in [0.2, 0.25) is 0 Å². The van der Waals surface area contributed by atoms with Crippen molar-refractivity contribution >= 4 is 17.9 Å². The summed E-state index contributed by atoms with van der Waals surface area (Å²) in [5, 5.41) is 0. The van der Waals surface area contributed by atoms with Crippen LogP contribution in [0.4, 0.5) is 0 Å². The molecule has 1 atom stereocenters. The average molecular weight is 843 g/mol. The van der Waals surface area contributed by atoms with Gasteiger partial charge in [-0.2, -0.15) is 0 Å². The Kier molecular flexibility index (Phi) is 47.3. The summed E-state index contributed by atoms with van der Waals surface area (Å²) < 4.78 is 16.7. The molecule has 0 heterocycles. The largest absolute Gasteiger partial charge is 0.462 e. The summed E-state index contributed by atoms with van der Waals surface area (Å²) in [7, 11) is 0. The number of unbranched alkanes of at least 4 members (excludes halogenated alkanes) is 30. The molecule has 0 amide bonds. The highest BCUT2D eigenvalue weighted by atomic mass is 16.6. The summed E-state index contributed by atoms with van der Waals surface area (Å²) in [6.07, 6.45) is 57.2. The van der Waals surface area contributed by atoms with E-state index in [1.165, 1.54) is 148 Å². The van der Waals surface area contributed by atoms with Gasteiger partial charge in [-0.3, -0.25) is 14.4 Å². The lowest BCUT2D eigenvalue weighted by molar-refractivity contribution is -0.167. The number of hydrogen-bond acceptors (Lipinski definition) is 6. The second-order valence-corrected chi connectivity index (χ2v) is 17.4. The molecule has 0 fully saturated rings. The Bertz CT molecular complexity index is 1020. The summed E-state index contributed by atoms with van der Waals surface area (Å²) in [4.78, 5) is 37.8. The first-order valence-electron chi connectivity index (χ1n) is 26.0. The van der Waals surface area contributed by atoms with Gasteiger partial charge in [-0.1, -0.05) is 237 Å². The van der Waals surface area contributed by atoms with E-state index in [1.807, 2.05) is 0 Å². The second-order valence-electron chi connectivity index (χ2n) is 17.4. The Hall–Kier alpha value is -2.37. The van der Waals surface area contributed by atoms with Gasteiger partial charge in [-0.25, -0.2) is 0 Å². The van der Waals surface area contributed by atoms with Crippen molar-refractivity contribution in [2.45, 2.75) is 277 Å². The molecular weight excluding hydrogens is 745 g/mol. The predicted octanol–water partition coefficient (Wildman–Crippen LogP) is 16.9. The SMILES string of the molecule is CC/C=C\C/C=C\C/C=C\CCCCCC(=O)OC(COC(=O)CCCCCCCCCCC)COC(=O)CCCCCCCCCCCCCCCCCCCCCC. The summed E-state index contributed by atoms with van der Waals surface area (Å²) in [6, 6.07) is 0. The summed E-state index contributed by atoms with van der Waals surface area (Å²) >= 11 is 0. The molecule has 0 aromatic rings. The fraction of sp³-hybridized carbons (Fsp3) is 0.833. The number of carbonyl (C=O) groups excluding carboxylic acids is 3. The van der Waals surface area contributed by atoms with Gasteiger partial charge in [-0.15, -0.1) is 0 Å². The average Bonchev–Trinajstić information content (AvgIpc) is 3.24. The molecule has 0 radical (unpaired) electrons. The summed E-state index contributed by atoms with van der Waals surface area (Å²) in [6.45, 7) is 6.50. The quantitative estimate of drug-likeness (QED) is 0.0263. The molecule has 0 aliphatic carbocycles. The third-order valence-electron chi connectivity index (χ3n) is 11.4. The monoisotopic (exact) mass is 843 g/mol. The first-order valence-corrected chi connectivity index (χ1v) is 26.0. The van der Waals surface area contributed by atoms with E-state index in [2.05, 4.69) is 57.2 Å². The number of carbonyl (C=O) groups is 3. The molecule has 6 nitrogen and oxygen atoms in total. The highest BCUT2D eigenvalue weighted by molar-refractivity contribution is 5.71. The van der Waals surface area contributed by atoms with Crippen LogP contribution in [0.15, 0.2) is 36.5 Å². The molecule has 0 aliphatic heterocycles. The van der Waals surface area contributed by atoms with Crippen LogP contribution >= 0.6 is 0 Å². The van der Waals surface area contributed by atoms with Gasteiger partial charge < -0.3 is 14.2 Å². The van der Waals surface area contributed by atoms with E-state index in [1.54, 1.807) is 0 Å². The van der Waals surface area contributed by atoms with Crippen molar-refractivity contribution < 1.29 is 28.6 Å². The van der Waals surface area contributed by atoms with Gasteiger partial charge in [0.15, 0.2) is 6.10 Å².